The first-order chi connectivity index (χ1) is 10.1. The minimum atomic E-state index is 0.380. The number of hydrogen-bond acceptors (Lipinski definition) is 2. The van der Waals surface area contributed by atoms with Crippen LogP contribution in [0.4, 0.5) is 0 Å². The van der Waals surface area contributed by atoms with Gasteiger partial charge in [0, 0.05) is 11.6 Å². The highest BCUT2D eigenvalue weighted by Gasteiger charge is 2.38. The summed E-state index contributed by atoms with van der Waals surface area (Å²) in [5.74, 6) is 1.44. The molecule has 0 bridgehead atoms. The lowest BCUT2D eigenvalue weighted by molar-refractivity contribution is 0.243. The highest BCUT2D eigenvalue weighted by molar-refractivity contribution is 5.14. The number of hydrogen-bond donors (Lipinski definition) is 2. The van der Waals surface area contributed by atoms with Crippen molar-refractivity contribution >= 4 is 0 Å². The predicted molar refractivity (Wildman–Crippen MR) is 92.6 cm³/mol. The summed E-state index contributed by atoms with van der Waals surface area (Å²) in [6.07, 6.45) is 11.7. The van der Waals surface area contributed by atoms with E-state index in [1.54, 1.807) is 5.57 Å². The molecule has 2 aliphatic heterocycles. The molecule has 0 saturated carbocycles. The first-order valence-electron chi connectivity index (χ1n) is 9.29. The summed E-state index contributed by atoms with van der Waals surface area (Å²) in [5, 5.41) is 7.70. The van der Waals surface area contributed by atoms with E-state index in [1.165, 1.54) is 58.0 Å². The summed E-state index contributed by atoms with van der Waals surface area (Å²) in [6, 6.07) is 0.665. The zero-order chi connectivity index (χ0) is 15.3. The predicted octanol–water partition coefficient (Wildman–Crippen LogP) is 4.27. The van der Waals surface area contributed by atoms with Gasteiger partial charge in [0.25, 0.3) is 0 Å². The van der Waals surface area contributed by atoms with Gasteiger partial charge in [-0.2, -0.15) is 0 Å². The zero-order valence-corrected chi connectivity index (χ0v) is 14.7. The summed E-state index contributed by atoms with van der Waals surface area (Å²) in [4.78, 5) is 0. The normalized spacial score (nSPS) is 37.1. The molecular formula is C19H36N2. The first-order valence-corrected chi connectivity index (χ1v) is 9.29. The van der Waals surface area contributed by atoms with E-state index >= 15 is 0 Å². The molecule has 21 heavy (non-hydrogen) atoms. The zero-order valence-electron chi connectivity index (χ0n) is 14.7. The van der Waals surface area contributed by atoms with Crippen molar-refractivity contribution in [3.63, 3.8) is 0 Å². The van der Waals surface area contributed by atoms with Gasteiger partial charge in [0.15, 0.2) is 0 Å². The smallest absolute Gasteiger partial charge is 0.0242 e. The quantitative estimate of drug-likeness (QED) is 0.740. The molecule has 3 unspecified atom stereocenters. The molecule has 0 aromatic rings. The lowest BCUT2D eigenvalue weighted by Crippen LogP contribution is -2.48. The monoisotopic (exact) mass is 292 g/mol. The molecule has 2 N–H and O–H groups in total. The van der Waals surface area contributed by atoms with Gasteiger partial charge in [-0.05, 0) is 63.5 Å². The minimum absolute atomic E-state index is 0.380. The molecular weight excluding hydrogens is 256 g/mol. The molecule has 0 aromatic heterocycles. The van der Waals surface area contributed by atoms with E-state index in [1.807, 2.05) is 0 Å². The Bertz CT molecular complexity index is 339. The molecule has 0 radical (unpaired) electrons. The van der Waals surface area contributed by atoms with Crippen molar-refractivity contribution in [1.29, 1.82) is 0 Å². The average molecular weight is 293 g/mol. The lowest BCUT2D eigenvalue weighted by atomic mass is 9.75. The van der Waals surface area contributed by atoms with Crippen molar-refractivity contribution < 1.29 is 0 Å². The summed E-state index contributed by atoms with van der Waals surface area (Å²) in [5.41, 5.74) is 2.08. The van der Waals surface area contributed by atoms with E-state index in [4.69, 9.17) is 0 Å². The van der Waals surface area contributed by atoms with Crippen LogP contribution in [0.3, 0.4) is 0 Å². The maximum atomic E-state index is 3.86. The molecule has 2 rings (SSSR count). The van der Waals surface area contributed by atoms with E-state index < -0.39 is 0 Å². The van der Waals surface area contributed by atoms with Gasteiger partial charge >= 0.3 is 0 Å². The van der Waals surface area contributed by atoms with Gasteiger partial charge in [0.1, 0.15) is 0 Å². The fourth-order valence-corrected chi connectivity index (χ4v) is 4.34. The summed E-state index contributed by atoms with van der Waals surface area (Å²) < 4.78 is 0. The molecule has 0 spiro atoms. The Labute approximate surface area is 132 Å². The third-order valence-electron chi connectivity index (χ3n) is 5.77. The second-order valence-corrected chi connectivity index (χ2v) is 7.52. The fourth-order valence-electron chi connectivity index (χ4n) is 4.34. The van der Waals surface area contributed by atoms with Gasteiger partial charge in [-0.25, -0.2) is 0 Å². The highest BCUT2D eigenvalue weighted by atomic mass is 15.0. The standard InChI is InChI=1S/C19H36N2/c1-5-8-16-13-17(19(6-2)10-7-11-21-19)9-12-20-18(14-16)15(3)4/h13,15,17-18,20-21H,5-12,14H2,1-4H3/b16-13-. The Morgan fingerprint density at radius 2 is 2.10 bits per heavy atom. The molecule has 0 aromatic carbocycles. The molecule has 3 atom stereocenters. The minimum Gasteiger partial charge on any atom is -0.313 e. The third kappa shape index (κ3) is 4.10. The first kappa shape index (κ1) is 17.0. The summed E-state index contributed by atoms with van der Waals surface area (Å²) in [6.45, 7) is 11.8. The fraction of sp³-hybridized carbons (Fsp3) is 0.895. The van der Waals surface area contributed by atoms with E-state index in [-0.39, 0.29) is 0 Å². The van der Waals surface area contributed by atoms with Crippen LogP contribution in [0.5, 0.6) is 0 Å². The van der Waals surface area contributed by atoms with Crippen molar-refractivity contribution in [2.75, 3.05) is 13.1 Å². The van der Waals surface area contributed by atoms with Crippen LogP contribution in [0.1, 0.15) is 72.6 Å². The van der Waals surface area contributed by atoms with Crippen LogP contribution < -0.4 is 10.6 Å². The van der Waals surface area contributed by atoms with Crippen molar-refractivity contribution in [3.8, 4) is 0 Å². The molecule has 1 fully saturated rings. The average Bonchev–Trinajstić information content (AvgIpc) is 2.91. The Morgan fingerprint density at radius 1 is 1.29 bits per heavy atom. The van der Waals surface area contributed by atoms with E-state index in [0.717, 1.165) is 5.92 Å². The van der Waals surface area contributed by atoms with E-state index in [2.05, 4.69) is 44.4 Å². The second-order valence-electron chi connectivity index (χ2n) is 7.52. The molecule has 0 amide bonds. The van der Waals surface area contributed by atoms with Crippen molar-refractivity contribution in [3.05, 3.63) is 11.6 Å². The van der Waals surface area contributed by atoms with Crippen LogP contribution >= 0.6 is 0 Å². The summed E-state index contributed by atoms with van der Waals surface area (Å²) >= 11 is 0. The molecule has 2 aliphatic rings. The van der Waals surface area contributed by atoms with Crippen LogP contribution in [-0.2, 0) is 0 Å². The van der Waals surface area contributed by atoms with Gasteiger partial charge in [-0.3, -0.25) is 0 Å². The van der Waals surface area contributed by atoms with E-state index in [9.17, 15) is 0 Å². The SMILES string of the molecule is CCC/C1=C/C(C2(CC)CCCN2)CCNC(C(C)C)C1. The Kier molecular flexibility index (Phi) is 6.31. The number of nitrogens with one attached hydrogen (secondary N) is 2. The Hall–Kier alpha value is -0.340. The second kappa shape index (κ2) is 7.78. The highest BCUT2D eigenvalue weighted by Crippen LogP contribution is 2.36. The molecule has 122 valence electrons. The lowest BCUT2D eigenvalue weighted by Gasteiger charge is -2.38. The van der Waals surface area contributed by atoms with Gasteiger partial charge in [0.05, 0.1) is 0 Å². The molecule has 2 nitrogen and oxygen atoms in total. The van der Waals surface area contributed by atoms with Crippen molar-refractivity contribution in [2.24, 2.45) is 11.8 Å². The van der Waals surface area contributed by atoms with Crippen LogP contribution in [0, 0.1) is 11.8 Å². The van der Waals surface area contributed by atoms with Crippen LogP contribution in [0.2, 0.25) is 0 Å². The molecule has 1 saturated heterocycles. The van der Waals surface area contributed by atoms with Gasteiger partial charge in [-0.15, -0.1) is 0 Å². The van der Waals surface area contributed by atoms with Crippen molar-refractivity contribution in [1.82, 2.24) is 10.6 Å². The van der Waals surface area contributed by atoms with Crippen molar-refractivity contribution in [2.45, 2.75) is 84.2 Å². The molecule has 2 heteroatoms. The van der Waals surface area contributed by atoms with E-state index in [0.29, 0.717) is 17.5 Å². The Morgan fingerprint density at radius 3 is 2.67 bits per heavy atom. The van der Waals surface area contributed by atoms with Gasteiger partial charge in [0.2, 0.25) is 0 Å². The third-order valence-corrected chi connectivity index (χ3v) is 5.77. The van der Waals surface area contributed by atoms with Gasteiger partial charge in [-0.1, -0.05) is 45.8 Å². The largest absolute Gasteiger partial charge is 0.313 e. The molecule has 0 aliphatic carbocycles. The maximum absolute atomic E-state index is 3.86. The Balaban J connectivity index is 2.19. The topological polar surface area (TPSA) is 24.1 Å². The maximum Gasteiger partial charge on any atom is 0.0242 e. The van der Waals surface area contributed by atoms with Crippen LogP contribution in [-0.4, -0.2) is 24.7 Å². The van der Waals surface area contributed by atoms with Crippen LogP contribution in [0.15, 0.2) is 11.6 Å². The number of rotatable bonds is 5. The molecule has 2 heterocycles. The van der Waals surface area contributed by atoms with Gasteiger partial charge < -0.3 is 10.6 Å². The summed E-state index contributed by atoms with van der Waals surface area (Å²) in [7, 11) is 0. The van der Waals surface area contributed by atoms with Crippen LogP contribution in [0.25, 0.3) is 0 Å².